The number of ether oxygens (including phenoxy) is 2. The second-order valence-corrected chi connectivity index (χ2v) is 7.72. The molecule has 31 heavy (non-hydrogen) atoms. The number of aromatic nitrogens is 2. The van der Waals surface area contributed by atoms with Gasteiger partial charge in [-0.2, -0.15) is 5.10 Å². The lowest BCUT2D eigenvalue weighted by atomic mass is 9.91. The zero-order valence-corrected chi connectivity index (χ0v) is 17.0. The van der Waals surface area contributed by atoms with Crippen LogP contribution in [0.5, 0.6) is 5.75 Å². The van der Waals surface area contributed by atoms with Crippen LogP contribution >= 0.6 is 0 Å². The standard InChI is InChI=1S/C20H21F3N4O4/c1-12-16(17(28)26-8-6-19(7-9-26)11-24-18(29)31-19)13(2)27(25-12)14-4-3-5-15(10-14)30-20(21,22)23/h3-5,10H,6-9,11H2,1-2H3,(H,24,29). The van der Waals surface area contributed by atoms with Gasteiger partial charge in [-0.1, -0.05) is 6.07 Å². The van der Waals surface area contributed by atoms with Crippen molar-refractivity contribution in [2.75, 3.05) is 19.6 Å². The smallest absolute Gasteiger partial charge is 0.441 e. The monoisotopic (exact) mass is 438 g/mol. The number of halogens is 3. The van der Waals surface area contributed by atoms with Gasteiger partial charge in [0, 0.05) is 32.0 Å². The van der Waals surface area contributed by atoms with E-state index in [1.165, 1.54) is 22.9 Å². The highest BCUT2D eigenvalue weighted by Gasteiger charge is 2.44. The van der Waals surface area contributed by atoms with Crippen LogP contribution in [0.25, 0.3) is 5.69 Å². The molecule has 2 aliphatic rings. The van der Waals surface area contributed by atoms with Gasteiger partial charge in [0.05, 0.1) is 29.2 Å². The molecule has 0 aliphatic carbocycles. The molecule has 0 bridgehead atoms. The second kappa shape index (κ2) is 7.47. The lowest BCUT2D eigenvalue weighted by Gasteiger charge is -2.37. The van der Waals surface area contributed by atoms with Crippen molar-refractivity contribution < 1.29 is 32.2 Å². The summed E-state index contributed by atoms with van der Waals surface area (Å²) < 4.78 is 48.4. The molecule has 0 saturated carbocycles. The Kier molecular flexibility index (Phi) is 5.06. The second-order valence-electron chi connectivity index (χ2n) is 7.72. The SMILES string of the molecule is Cc1nn(-c2cccc(OC(F)(F)F)c2)c(C)c1C(=O)N1CCC2(CC1)CNC(=O)O2. The quantitative estimate of drug-likeness (QED) is 0.796. The summed E-state index contributed by atoms with van der Waals surface area (Å²) in [6.07, 6.45) is -4.19. The summed E-state index contributed by atoms with van der Waals surface area (Å²) in [4.78, 5) is 26.3. The largest absolute Gasteiger partial charge is 0.573 e. The maximum absolute atomic E-state index is 13.2. The fourth-order valence-electron chi connectivity index (χ4n) is 4.07. The highest BCUT2D eigenvalue weighted by molar-refractivity contribution is 5.96. The van der Waals surface area contributed by atoms with Crippen molar-refractivity contribution in [2.24, 2.45) is 0 Å². The summed E-state index contributed by atoms with van der Waals surface area (Å²) in [6, 6.07) is 5.43. The van der Waals surface area contributed by atoms with Gasteiger partial charge in [0.25, 0.3) is 5.91 Å². The van der Waals surface area contributed by atoms with Crippen molar-refractivity contribution in [1.82, 2.24) is 20.0 Å². The van der Waals surface area contributed by atoms with E-state index in [0.717, 1.165) is 0 Å². The minimum atomic E-state index is -4.80. The Balaban J connectivity index is 1.54. The highest BCUT2D eigenvalue weighted by Crippen LogP contribution is 2.31. The van der Waals surface area contributed by atoms with Gasteiger partial charge < -0.3 is 19.7 Å². The number of hydrogen-bond donors (Lipinski definition) is 1. The first-order chi connectivity index (χ1) is 14.6. The average Bonchev–Trinajstić information content (AvgIpc) is 3.20. The van der Waals surface area contributed by atoms with Crippen LogP contribution in [-0.4, -0.2) is 58.3 Å². The Morgan fingerprint density at radius 1 is 1.26 bits per heavy atom. The lowest BCUT2D eigenvalue weighted by molar-refractivity contribution is -0.274. The first kappa shape index (κ1) is 21.0. The number of carbonyl (C=O) groups is 2. The van der Waals surface area contributed by atoms with Gasteiger partial charge in [-0.15, -0.1) is 13.2 Å². The molecule has 2 amide bonds. The zero-order valence-electron chi connectivity index (χ0n) is 17.0. The molecule has 1 aromatic carbocycles. The number of nitrogens with zero attached hydrogens (tertiary/aromatic N) is 3. The van der Waals surface area contributed by atoms with Crippen LogP contribution in [0.1, 0.15) is 34.6 Å². The third kappa shape index (κ3) is 4.17. The van der Waals surface area contributed by atoms with Crippen molar-refractivity contribution in [3.63, 3.8) is 0 Å². The molecule has 0 unspecified atom stereocenters. The summed E-state index contributed by atoms with van der Waals surface area (Å²) in [7, 11) is 0. The number of alkyl carbamates (subject to hydrolysis) is 1. The number of likely N-dealkylation sites (tertiary alicyclic amines) is 1. The van der Waals surface area contributed by atoms with E-state index in [0.29, 0.717) is 55.1 Å². The first-order valence-corrected chi connectivity index (χ1v) is 9.75. The molecule has 8 nitrogen and oxygen atoms in total. The van der Waals surface area contributed by atoms with Crippen LogP contribution in [0.3, 0.4) is 0 Å². The molecule has 11 heteroatoms. The molecule has 166 valence electrons. The third-order valence-corrected chi connectivity index (χ3v) is 5.63. The number of aryl methyl sites for hydroxylation is 1. The van der Waals surface area contributed by atoms with Gasteiger partial charge in [0.2, 0.25) is 0 Å². The predicted molar refractivity (Wildman–Crippen MR) is 102 cm³/mol. The summed E-state index contributed by atoms with van der Waals surface area (Å²) in [5, 5.41) is 7.02. The summed E-state index contributed by atoms with van der Waals surface area (Å²) >= 11 is 0. The van der Waals surface area contributed by atoms with Crippen LogP contribution in [-0.2, 0) is 4.74 Å². The van der Waals surface area contributed by atoms with E-state index < -0.39 is 18.1 Å². The number of rotatable bonds is 3. The van der Waals surface area contributed by atoms with E-state index in [-0.39, 0.29) is 11.7 Å². The van der Waals surface area contributed by atoms with Crippen LogP contribution < -0.4 is 10.1 Å². The third-order valence-electron chi connectivity index (χ3n) is 5.63. The van der Waals surface area contributed by atoms with Crippen molar-refractivity contribution in [3.05, 3.63) is 41.2 Å². The Hall–Kier alpha value is -3.24. The number of benzene rings is 1. The number of hydrogen-bond acceptors (Lipinski definition) is 5. The molecule has 0 atom stereocenters. The molecule has 0 radical (unpaired) electrons. The number of carbonyl (C=O) groups excluding carboxylic acids is 2. The molecule has 1 aromatic heterocycles. The van der Waals surface area contributed by atoms with E-state index in [4.69, 9.17) is 4.74 Å². The molecule has 2 fully saturated rings. The van der Waals surface area contributed by atoms with Crippen LogP contribution in [0, 0.1) is 13.8 Å². The zero-order chi connectivity index (χ0) is 22.4. The predicted octanol–water partition coefficient (Wildman–Crippen LogP) is 3.10. The topological polar surface area (TPSA) is 85.7 Å². The Labute approximate surface area is 175 Å². The van der Waals surface area contributed by atoms with Crippen molar-refractivity contribution in [1.29, 1.82) is 0 Å². The number of amides is 2. The molecule has 2 aromatic rings. The van der Waals surface area contributed by atoms with Gasteiger partial charge >= 0.3 is 12.5 Å². The summed E-state index contributed by atoms with van der Waals surface area (Å²) in [5.41, 5.74) is 1.17. The number of nitrogens with one attached hydrogen (secondary N) is 1. The normalized spacial score (nSPS) is 18.1. The Morgan fingerprint density at radius 3 is 2.58 bits per heavy atom. The maximum Gasteiger partial charge on any atom is 0.573 e. The van der Waals surface area contributed by atoms with E-state index in [9.17, 15) is 22.8 Å². The molecule has 2 saturated heterocycles. The van der Waals surface area contributed by atoms with E-state index in [1.54, 1.807) is 24.8 Å². The fraction of sp³-hybridized carbons (Fsp3) is 0.450. The first-order valence-electron chi connectivity index (χ1n) is 9.75. The van der Waals surface area contributed by atoms with Crippen molar-refractivity contribution in [2.45, 2.75) is 38.7 Å². The molecule has 3 heterocycles. The highest BCUT2D eigenvalue weighted by atomic mass is 19.4. The molecular weight excluding hydrogens is 417 g/mol. The minimum absolute atomic E-state index is 0.212. The number of piperidine rings is 1. The molecule has 1 spiro atoms. The summed E-state index contributed by atoms with van der Waals surface area (Å²) in [5.74, 6) is -0.581. The minimum Gasteiger partial charge on any atom is -0.441 e. The Bertz CT molecular complexity index is 1030. The summed E-state index contributed by atoms with van der Waals surface area (Å²) in [6.45, 7) is 4.65. The average molecular weight is 438 g/mol. The van der Waals surface area contributed by atoms with Crippen LogP contribution in [0.2, 0.25) is 0 Å². The van der Waals surface area contributed by atoms with Crippen molar-refractivity contribution >= 4 is 12.0 Å². The van der Waals surface area contributed by atoms with Gasteiger partial charge in [-0.05, 0) is 26.0 Å². The Morgan fingerprint density at radius 2 is 1.97 bits per heavy atom. The number of alkyl halides is 3. The molecular formula is C20H21F3N4O4. The van der Waals surface area contributed by atoms with Crippen molar-refractivity contribution in [3.8, 4) is 11.4 Å². The lowest BCUT2D eigenvalue weighted by Crippen LogP contribution is -2.48. The van der Waals surface area contributed by atoms with Gasteiger partial charge in [-0.25, -0.2) is 9.48 Å². The maximum atomic E-state index is 13.2. The van der Waals surface area contributed by atoms with E-state index in [1.807, 2.05) is 0 Å². The van der Waals surface area contributed by atoms with Crippen LogP contribution in [0.4, 0.5) is 18.0 Å². The van der Waals surface area contributed by atoms with E-state index >= 15 is 0 Å². The van der Waals surface area contributed by atoms with Gasteiger partial charge in [0.1, 0.15) is 11.4 Å². The van der Waals surface area contributed by atoms with Gasteiger partial charge in [-0.3, -0.25) is 4.79 Å². The van der Waals surface area contributed by atoms with Gasteiger partial charge in [0.15, 0.2) is 0 Å². The fourth-order valence-corrected chi connectivity index (χ4v) is 4.07. The molecule has 1 N–H and O–H groups in total. The molecule has 4 rings (SSSR count). The van der Waals surface area contributed by atoms with E-state index in [2.05, 4.69) is 15.2 Å². The van der Waals surface area contributed by atoms with Crippen LogP contribution in [0.15, 0.2) is 24.3 Å². The molecule has 2 aliphatic heterocycles.